The normalized spacial score (nSPS) is 10.2. The number of halogens is 1. The first-order valence-electron chi connectivity index (χ1n) is 5.14. The number of carbonyl (C=O) groups is 1. The number of amides is 1. The van der Waals surface area contributed by atoms with Gasteiger partial charge in [0, 0.05) is 18.8 Å². The van der Waals surface area contributed by atoms with Crippen molar-refractivity contribution in [2.75, 3.05) is 5.32 Å². The van der Waals surface area contributed by atoms with Crippen molar-refractivity contribution < 1.29 is 4.79 Å². The van der Waals surface area contributed by atoms with Crippen LogP contribution in [0.2, 0.25) is 5.15 Å². The van der Waals surface area contributed by atoms with Crippen LogP contribution in [0.15, 0.2) is 30.7 Å². The third-order valence-electron chi connectivity index (χ3n) is 2.28. The molecule has 0 unspecified atom stereocenters. The molecule has 0 bridgehead atoms. The van der Waals surface area contributed by atoms with Crippen LogP contribution in [0.1, 0.15) is 17.4 Å². The summed E-state index contributed by atoms with van der Waals surface area (Å²) in [6.07, 6.45) is 3.15. The van der Waals surface area contributed by atoms with Crippen LogP contribution in [0.3, 0.4) is 0 Å². The van der Waals surface area contributed by atoms with E-state index in [1.54, 1.807) is 6.07 Å². The van der Waals surface area contributed by atoms with Gasteiger partial charge in [-0.2, -0.15) is 0 Å². The van der Waals surface area contributed by atoms with Gasteiger partial charge in [0.25, 0.3) is 5.91 Å². The van der Waals surface area contributed by atoms with Crippen LogP contribution >= 0.6 is 11.6 Å². The molecule has 5 nitrogen and oxygen atoms in total. The maximum Gasteiger partial charge on any atom is 0.273 e. The molecule has 0 saturated carbocycles. The molecular formula is C11H11ClN4O. The Hall–Kier alpha value is -1.88. The Morgan fingerprint density at radius 3 is 3.06 bits per heavy atom. The summed E-state index contributed by atoms with van der Waals surface area (Å²) in [5.74, 6) is 0.172. The Morgan fingerprint density at radius 1 is 1.53 bits per heavy atom. The summed E-state index contributed by atoms with van der Waals surface area (Å²) >= 11 is 5.70. The maximum atomic E-state index is 11.9. The van der Waals surface area contributed by atoms with E-state index in [9.17, 15) is 4.79 Å². The minimum Gasteiger partial charge on any atom is -0.344 e. The molecule has 0 atom stereocenters. The second-order valence-corrected chi connectivity index (χ2v) is 3.75. The number of aryl methyl sites for hydroxylation is 1. The Morgan fingerprint density at radius 2 is 2.35 bits per heavy atom. The molecule has 2 heterocycles. The van der Waals surface area contributed by atoms with Crippen molar-refractivity contribution in [2.24, 2.45) is 0 Å². The smallest absolute Gasteiger partial charge is 0.273 e. The summed E-state index contributed by atoms with van der Waals surface area (Å²) in [6, 6.07) is 5.08. The lowest BCUT2D eigenvalue weighted by Gasteiger charge is -2.06. The van der Waals surface area contributed by atoms with E-state index in [2.05, 4.69) is 15.3 Å². The van der Waals surface area contributed by atoms with E-state index in [1.165, 1.54) is 12.4 Å². The fourth-order valence-corrected chi connectivity index (χ4v) is 1.63. The number of nitrogens with zero attached hydrogens (tertiary/aromatic N) is 3. The molecule has 6 heteroatoms. The van der Waals surface area contributed by atoms with Crippen molar-refractivity contribution >= 4 is 23.3 Å². The number of aromatic nitrogens is 3. The molecule has 17 heavy (non-hydrogen) atoms. The molecule has 0 fully saturated rings. The summed E-state index contributed by atoms with van der Waals surface area (Å²) in [4.78, 5) is 19.6. The summed E-state index contributed by atoms with van der Waals surface area (Å²) in [7, 11) is 0. The topological polar surface area (TPSA) is 59.8 Å². The molecule has 1 N–H and O–H groups in total. The number of anilines is 1. The van der Waals surface area contributed by atoms with Gasteiger partial charge in [-0.1, -0.05) is 11.6 Å². The van der Waals surface area contributed by atoms with Gasteiger partial charge in [-0.05, 0) is 19.1 Å². The molecule has 1 amide bonds. The van der Waals surface area contributed by atoms with E-state index in [-0.39, 0.29) is 5.91 Å². The average molecular weight is 251 g/mol. The van der Waals surface area contributed by atoms with E-state index in [0.717, 1.165) is 6.54 Å². The maximum absolute atomic E-state index is 11.9. The highest BCUT2D eigenvalue weighted by molar-refractivity contribution is 6.29. The minimum absolute atomic E-state index is 0.216. The fourth-order valence-electron chi connectivity index (χ4n) is 1.48. The molecule has 2 rings (SSSR count). The van der Waals surface area contributed by atoms with Crippen molar-refractivity contribution in [3.05, 3.63) is 41.6 Å². The lowest BCUT2D eigenvalue weighted by molar-refractivity contribution is 0.101. The van der Waals surface area contributed by atoms with Gasteiger partial charge in [0.15, 0.2) is 0 Å². The monoisotopic (exact) mass is 250 g/mol. The summed E-state index contributed by atoms with van der Waals surface area (Å²) in [5, 5.41) is 2.96. The van der Waals surface area contributed by atoms with Gasteiger partial charge in [0.2, 0.25) is 0 Å². The second kappa shape index (κ2) is 4.97. The number of nitrogens with one attached hydrogen (secondary N) is 1. The lowest BCUT2D eigenvalue weighted by Crippen LogP contribution is -2.17. The van der Waals surface area contributed by atoms with E-state index < -0.39 is 0 Å². The molecule has 2 aromatic rings. The number of hydrogen-bond donors (Lipinski definition) is 1. The highest BCUT2D eigenvalue weighted by atomic mass is 35.5. The van der Waals surface area contributed by atoms with Crippen molar-refractivity contribution in [3.8, 4) is 0 Å². The van der Waals surface area contributed by atoms with Crippen molar-refractivity contribution in [2.45, 2.75) is 13.5 Å². The predicted octanol–water partition coefficient (Wildman–Crippen LogP) is 2.20. The average Bonchev–Trinajstić information content (AvgIpc) is 2.77. The molecule has 0 radical (unpaired) electrons. The van der Waals surface area contributed by atoms with Gasteiger partial charge in [-0.15, -0.1) is 0 Å². The number of hydrogen-bond acceptors (Lipinski definition) is 3. The first-order valence-corrected chi connectivity index (χ1v) is 5.52. The van der Waals surface area contributed by atoms with Gasteiger partial charge in [-0.25, -0.2) is 9.97 Å². The zero-order valence-corrected chi connectivity index (χ0v) is 9.98. The van der Waals surface area contributed by atoms with Crippen molar-refractivity contribution in [1.82, 2.24) is 14.5 Å². The predicted molar refractivity (Wildman–Crippen MR) is 65.1 cm³/mol. The molecule has 88 valence electrons. The Labute approximate surface area is 103 Å². The van der Waals surface area contributed by atoms with Crippen molar-refractivity contribution in [3.63, 3.8) is 0 Å². The standard InChI is InChI=1S/C11H11ClN4O/c1-2-16-5-3-4-8(16)11(17)15-10-6-9(12)13-7-14-10/h3-7H,2H2,1H3,(H,13,14,15,17). The van der Waals surface area contributed by atoms with E-state index in [0.29, 0.717) is 16.7 Å². The third kappa shape index (κ3) is 2.62. The number of rotatable bonds is 3. The molecular weight excluding hydrogens is 240 g/mol. The zero-order chi connectivity index (χ0) is 12.3. The number of carbonyl (C=O) groups excluding carboxylic acids is 1. The van der Waals surface area contributed by atoms with Gasteiger partial charge in [0.1, 0.15) is 23.0 Å². The third-order valence-corrected chi connectivity index (χ3v) is 2.48. The van der Waals surface area contributed by atoms with E-state index >= 15 is 0 Å². The van der Waals surface area contributed by atoms with Crippen LogP contribution in [-0.2, 0) is 6.54 Å². The highest BCUT2D eigenvalue weighted by Gasteiger charge is 2.10. The van der Waals surface area contributed by atoms with Crippen LogP contribution in [0.5, 0.6) is 0 Å². The Kier molecular flexibility index (Phi) is 3.39. The largest absolute Gasteiger partial charge is 0.344 e. The Balaban J connectivity index is 2.17. The van der Waals surface area contributed by atoms with Crippen LogP contribution in [0.4, 0.5) is 5.82 Å². The van der Waals surface area contributed by atoms with Crippen LogP contribution in [0.25, 0.3) is 0 Å². The van der Waals surface area contributed by atoms with Gasteiger partial charge < -0.3 is 9.88 Å². The fraction of sp³-hybridized carbons (Fsp3) is 0.182. The summed E-state index contributed by atoms with van der Waals surface area (Å²) < 4.78 is 1.85. The second-order valence-electron chi connectivity index (χ2n) is 3.36. The molecule has 0 aromatic carbocycles. The molecule has 0 spiro atoms. The van der Waals surface area contributed by atoms with Crippen LogP contribution in [-0.4, -0.2) is 20.4 Å². The molecule has 0 saturated heterocycles. The summed E-state index contributed by atoms with van der Waals surface area (Å²) in [5.41, 5.74) is 0.585. The first-order chi connectivity index (χ1) is 8.20. The van der Waals surface area contributed by atoms with Gasteiger partial charge >= 0.3 is 0 Å². The molecule has 2 aromatic heterocycles. The van der Waals surface area contributed by atoms with Crippen molar-refractivity contribution in [1.29, 1.82) is 0 Å². The zero-order valence-electron chi connectivity index (χ0n) is 9.22. The highest BCUT2D eigenvalue weighted by Crippen LogP contribution is 2.10. The van der Waals surface area contributed by atoms with E-state index in [4.69, 9.17) is 11.6 Å². The SMILES string of the molecule is CCn1cccc1C(=O)Nc1cc(Cl)ncn1. The lowest BCUT2D eigenvalue weighted by atomic mass is 10.4. The van der Waals surface area contributed by atoms with Gasteiger partial charge in [-0.3, -0.25) is 4.79 Å². The van der Waals surface area contributed by atoms with Crippen LogP contribution < -0.4 is 5.32 Å². The quantitative estimate of drug-likeness (QED) is 0.850. The van der Waals surface area contributed by atoms with Crippen LogP contribution in [0, 0.1) is 0 Å². The molecule has 0 aliphatic heterocycles. The Bertz CT molecular complexity index is 538. The van der Waals surface area contributed by atoms with E-state index in [1.807, 2.05) is 23.8 Å². The molecule has 0 aliphatic carbocycles. The molecule has 0 aliphatic rings. The summed E-state index contributed by atoms with van der Waals surface area (Å²) in [6.45, 7) is 2.71. The van der Waals surface area contributed by atoms with Gasteiger partial charge in [0.05, 0.1) is 0 Å². The minimum atomic E-state index is -0.216. The first kappa shape index (κ1) is 11.6.